The Morgan fingerprint density at radius 1 is 1.43 bits per heavy atom. The SMILES string of the molecule is CC1=CC(N2CCCC2)C=CC1=[N+]=[N-]. The van der Waals surface area contributed by atoms with Gasteiger partial charge in [0.05, 0.1) is 0 Å². The molecule has 0 bridgehead atoms. The Hall–Kier alpha value is -1.18. The van der Waals surface area contributed by atoms with Crippen molar-refractivity contribution in [1.82, 2.24) is 4.90 Å². The molecule has 2 aliphatic rings. The number of hydrogen-bond acceptors (Lipinski definition) is 1. The third kappa shape index (κ3) is 1.69. The normalized spacial score (nSPS) is 27.6. The fraction of sp³-hybridized carbons (Fsp3) is 0.545. The Morgan fingerprint density at radius 3 is 2.71 bits per heavy atom. The first kappa shape index (κ1) is 9.38. The van der Waals surface area contributed by atoms with Crippen LogP contribution in [0.1, 0.15) is 19.8 Å². The molecule has 14 heavy (non-hydrogen) atoms. The lowest BCUT2D eigenvalue weighted by atomic mass is 10.0. The minimum Gasteiger partial charge on any atom is -0.361 e. The summed E-state index contributed by atoms with van der Waals surface area (Å²) in [5, 5.41) is 0. The molecule has 0 aromatic carbocycles. The van der Waals surface area contributed by atoms with Gasteiger partial charge in [-0.15, -0.1) is 0 Å². The Labute approximate surface area is 84.3 Å². The van der Waals surface area contributed by atoms with Gasteiger partial charge in [0.2, 0.25) is 0 Å². The molecule has 0 spiro atoms. The third-order valence-corrected chi connectivity index (χ3v) is 2.95. The van der Waals surface area contributed by atoms with Crippen molar-refractivity contribution < 1.29 is 4.79 Å². The second-order valence-electron chi connectivity index (χ2n) is 3.93. The highest BCUT2D eigenvalue weighted by Crippen LogP contribution is 2.18. The molecule has 0 N–H and O–H groups in total. The second-order valence-corrected chi connectivity index (χ2v) is 3.93. The van der Waals surface area contributed by atoms with Gasteiger partial charge in [-0.3, -0.25) is 4.90 Å². The highest BCUT2D eigenvalue weighted by Gasteiger charge is 2.22. The van der Waals surface area contributed by atoms with E-state index in [0.717, 1.165) is 5.57 Å². The van der Waals surface area contributed by atoms with E-state index in [1.165, 1.54) is 25.9 Å². The minimum absolute atomic E-state index is 0.406. The summed E-state index contributed by atoms with van der Waals surface area (Å²) >= 11 is 0. The molecule has 0 aromatic heterocycles. The van der Waals surface area contributed by atoms with Crippen LogP contribution in [0.3, 0.4) is 0 Å². The Morgan fingerprint density at radius 2 is 2.14 bits per heavy atom. The Kier molecular flexibility index (Phi) is 2.62. The number of allylic oxidation sites excluding steroid dienone is 2. The monoisotopic (exact) mass is 189 g/mol. The zero-order valence-corrected chi connectivity index (χ0v) is 8.48. The van der Waals surface area contributed by atoms with E-state index in [2.05, 4.69) is 21.8 Å². The van der Waals surface area contributed by atoms with Gasteiger partial charge in [0, 0.05) is 17.7 Å². The van der Waals surface area contributed by atoms with Crippen LogP contribution in [0.15, 0.2) is 23.8 Å². The maximum Gasteiger partial charge on any atom is 0.317 e. The summed E-state index contributed by atoms with van der Waals surface area (Å²) in [6.45, 7) is 4.36. The molecule has 3 heteroatoms. The van der Waals surface area contributed by atoms with Gasteiger partial charge in [-0.1, -0.05) is 12.2 Å². The zero-order valence-electron chi connectivity index (χ0n) is 8.48. The van der Waals surface area contributed by atoms with Crippen LogP contribution in [-0.2, 0) is 0 Å². The summed E-state index contributed by atoms with van der Waals surface area (Å²) < 4.78 is 0. The third-order valence-electron chi connectivity index (χ3n) is 2.95. The van der Waals surface area contributed by atoms with Gasteiger partial charge < -0.3 is 5.53 Å². The lowest BCUT2D eigenvalue weighted by molar-refractivity contribution is -0.00274. The van der Waals surface area contributed by atoms with Gasteiger partial charge >= 0.3 is 5.71 Å². The molecule has 0 amide bonds. The van der Waals surface area contributed by atoms with Crippen molar-refractivity contribution in [2.75, 3.05) is 13.1 Å². The van der Waals surface area contributed by atoms with Crippen LogP contribution < -0.4 is 0 Å². The van der Waals surface area contributed by atoms with E-state index < -0.39 is 0 Å². The zero-order chi connectivity index (χ0) is 9.97. The predicted molar refractivity (Wildman–Crippen MR) is 56.1 cm³/mol. The van der Waals surface area contributed by atoms with E-state index in [0.29, 0.717) is 11.8 Å². The summed E-state index contributed by atoms with van der Waals surface area (Å²) in [5.41, 5.74) is 10.4. The topological polar surface area (TPSA) is 39.6 Å². The summed E-state index contributed by atoms with van der Waals surface area (Å²) in [5.74, 6) is 0. The van der Waals surface area contributed by atoms with E-state index in [4.69, 9.17) is 5.53 Å². The van der Waals surface area contributed by atoms with E-state index in [-0.39, 0.29) is 0 Å². The highest BCUT2D eigenvalue weighted by atomic mass is 15.2. The standard InChI is InChI=1S/C11H15N3/c1-9-8-10(4-5-11(9)13-12)14-6-2-3-7-14/h4-5,8,10H,2-3,6-7H2,1H3. The van der Waals surface area contributed by atoms with Crippen molar-refractivity contribution in [1.29, 1.82) is 0 Å². The van der Waals surface area contributed by atoms with Crippen LogP contribution in [0.25, 0.3) is 5.53 Å². The van der Waals surface area contributed by atoms with Gasteiger partial charge in [-0.2, -0.15) is 4.79 Å². The van der Waals surface area contributed by atoms with Gasteiger partial charge in [-0.05, 0) is 32.9 Å². The van der Waals surface area contributed by atoms with Crippen LogP contribution in [0.5, 0.6) is 0 Å². The molecule has 1 atom stereocenters. The maximum atomic E-state index is 8.70. The number of rotatable bonds is 1. The second kappa shape index (κ2) is 3.91. The van der Waals surface area contributed by atoms with Gasteiger partial charge in [-0.25, -0.2) is 0 Å². The average molecular weight is 189 g/mol. The minimum atomic E-state index is 0.406. The van der Waals surface area contributed by atoms with Crippen molar-refractivity contribution in [2.45, 2.75) is 25.8 Å². The molecular weight excluding hydrogens is 174 g/mol. The molecule has 0 aromatic rings. The maximum absolute atomic E-state index is 8.70. The van der Waals surface area contributed by atoms with Crippen LogP contribution in [0.2, 0.25) is 0 Å². The highest BCUT2D eigenvalue weighted by molar-refractivity contribution is 6.05. The lowest BCUT2D eigenvalue weighted by Crippen LogP contribution is -2.31. The van der Waals surface area contributed by atoms with Crippen molar-refractivity contribution >= 4 is 5.71 Å². The molecule has 3 nitrogen and oxygen atoms in total. The molecule has 2 rings (SSSR count). The van der Waals surface area contributed by atoms with Crippen LogP contribution >= 0.6 is 0 Å². The van der Waals surface area contributed by atoms with Gasteiger partial charge in [0.1, 0.15) is 0 Å². The summed E-state index contributed by atoms with van der Waals surface area (Å²) in [6, 6.07) is 0.406. The number of hydrogen-bond donors (Lipinski definition) is 0. The van der Waals surface area contributed by atoms with E-state index >= 15 is 0 Å². The quantitative estimate of drug-likeness (QED) is 0.456. The Bertz CT molecular complexity index is 328. The van der Waals surface area contributed by atoms with Crippen molar-refractivity contribution in [3.63, 3.8) is 0 Å². The van der Waals surface area contributed by atoms with Crippen LogP contribution in [-0.4, -0.2) is 34.5 Å². The molecule has 1 unspecified atom stereocenters. The molecule has 1 saturated heterocycles. The largest absolute Gasteiger partial charge is 0.361 e. The smallest absolute Gasteiger partial charge is 0.317 e. The Balaban J connectivity index is 2.14. The molecule has 1 aliphatic carbocycles. The van der Waals surface area contributed by atoms with Crippen molar-refractivity contribution in [3.8, 4) is 0 Å². The summed E-state index contributed by atoms with van der Waals surface area (Å²) in [4.78, 5) is 5.69. The fourth-order valence-electron chi connectivity index (χ4n) is 2.10. The van der Waals surface area contributed by atoms with Crippen molar-refractivity contribution in [3.05, 3.63) is 29.3 Å². The molecular formula is C11H15N3. The van der Waals surface area contributed by atoms with Crippen LogP contribution in [0.4, 0.5) is 0 Å². The molecule has 1 fully saturated rings. The molecule has 74 valence electrons. The molecule has 1 aliphatic heterocycles. The molecule has 0 radical (unpaired) electrons. The first-order valence-corrected chi connectivity index (χ1v) is 5.14. The van der Waals surface area contributed by atoms with Crippen LogP contribution in [0, 0.1) is 0 Å². The predicted octanol–water partition coefficient (Wildman–Crippen LogP) is 1.64. The lowest BCUT2D eigenvalue weighted by Gasteiger charge is -2.23. The van der Waals surface area contributed by atoms with E-state index in [1.54, 1.807) is 0 Å². The van der Waals surface area contributed by atoms with E-state index in [9.17, 15) is 0 Å². The molecule has 0 saturated carbocycles. The molecule has 1 heterocycles. The van der Waals surface area contributed by atoms with Gasteiger partial charge in [0.25, 0.3) is 0 Å². The first-order valence-electron chi connectivity index (χ1n) is 5.14. The fourth-order valence-corrected chi connectivity index (χ4v) is 2.10. The first-order chi connectivity index (χ1) is 6.81. The van der Waals surface area contributed by atoms with Gasteiger partial charge in [0.15, 0.2) is 0 Å². The van der Waals surface area contributed by atoms with E-state index in [1.807, 2.05) is 13.0 Å². The number of nitrogens with zero attached hydrogens (tertiary/aromatic N) is 3. The number of likely N-dealkylation sites (tertiary alicyclic amines) is 1. The summed E-state index contributed by atoms with van der Waals surface area (Å²) in [7, 11) is 0. The summed E-state index contributed by atoms with van der Waals surface area (Å²) in [6.07, 6.45) is 8.78. The average Bonchev–Trinajstić information content (AvgIpc) is 2.70. The van der Waals surface area contributed by atoms with Crippen molar-refractivity contribution in [2.24, 2.45) is 0 Å².